The predicted octanol–water partition coefficient (Wildman–Crippen LogP) is 2.36. The second kappa shape index (κ2) is 6.95. The topological polar surface area (TPSA) is 37.4 Å². The molecule has 4 heteroatoms. The van der Waals surface area contributed by atoms with Crippen LogP contribution in [0.2, 0.25) is 0 Å². The summed E-state index contributed by atoms with van der Waals surface area (Å²) in [5.41, 5.74) is 1.38. The number of imide groups is 1. The van der Waals surface area contributed by atoms with Gasteiger partial charge in [-0.25, -0.2) is 0 Å². The Kier molecular flexibility index (Phi) is 4.75. The SMILES string of the molecule is CC/C([Se]c1ccccc1)=C1\CN(C(=O)c2ccccc2)C1=O. The second-order valence-electron chi connectivity index (χ2n) is 5.23. The van der Waals surface area contributed by atoms with Gasteiger partial charge in [0, 0.05) is 0 Å². The van der Waals surface area contributed by atoms with Crippen LogP contribution in [0.1, 0.15) is 23.7 Å². The van der Waals surface area contributed by atoms with Crippen molar-refractivity contribution in [1.82, 2.24) is 4.90 Å². The number of carbonyl (C=O) groups is 2. The van der Waals surface area contributed by atoms with Crippen LogP contribution in [0, 0.1) is 0 Å². The minimum atomic E-state index is -0.206. The van der Waals surface area contributed by atoms with Gasteiger partial charge in [0.1, 0.15) is 0 Å². The van der Waals surface area contributed by atoms with Crippen molar-refractivity contribution in [3.8, 4) is 0 Å². The number of β-lactam (4-membered cyclic amide) rings is 1. The third-order valence-electron chi connectivity index (χ3n) is 3.73. The second-order valence-corrected chi connectivity index (χ2v) is 7.68. The zero-order valence-electron chi connectivity index (χ0n) is 12.9. The van der Waals surface area contributed by atoms with E-state index in [9.17, 15) is 9.59 Å². The molecule has 0 unspecified atom stereocenters. The molecule has 3 nitrogen and oxygen atoms in total. The molecule has 0 saturated carbocycles. The first-order valence-electron chi connectivity index (χ1n) is 7.57. The number of benzene rings is 2. The van der Waals surface area contributed by atoms with Gasteiger partial charge < -0.3 is 0 Å². The van der Waals surface area contributed by atoms with Gasteiger partial charge in [-0.1, -0.05) is 0 Å². The Morgan fingerprint density at radius 2 is 1.65 bits per heavy atom. The van der Waals surface area contributed by atoms with E-state index in [-0.39, 0.29) is 26.8 Å². The molecule has 23 heavy (non-hydrogen) atoms. The first-order valence-corrected chi connectivity index (χ1v) is 9.28. The van der Waals surface area contributed by atoms with Gasteiger partial charge in [-0.3, -0.25) is 0 Å². The van der Waals surface area contributed by atoms with Crippen LogP contribution in [0.3, 0.4) is 0 Å². The molecule has 0 atom stereocenters. The van der Waals surface area contributed by atoms with Crippen molar-refractivity contribution in [2.24, 2.45) is 0 Å². The van der Waals surface area contributed by atoms with Crippen LogP contribution in [0.15, 0.2) is 70.7 Å². The summed E-state index contributed by atoms with van der Waals surface area (Å²) in [5, 5.41) is 0. The first-order chi connectivity index (χ1) is 11.2. The summed E-state index contributed by atoms with van der Waals surface area (Å²) >= 11 is 0.142. The van der Waals surface area contributed by atoms with Crippen LogP contribution >= 0.6 is 0 Å². The number of hydrogen-bond donors (Lipinski definition) is 0. The van der Waals surface area contributed by atoms with Crippen molar-refractivity contribution < 1.29 is 9.59 Å². The normalized spacial score (nSPS) is 16.0. The summed E-state index contributed by atoms with van der Waals surface area (Å²) in [6.45, 7) is 2.51. The Labute approximate surface area is 142 Å². The van der Waals surface area contributed by atoms with Gasteiger partial charge in [0.05, 0.1) is 0 Å². The predicted molar refractivity (Wildman–Crippen MR) is 91.6 cm³/mol. The van der Waals surface area contributed by atoms with Crippen LogP contribution in [0.5, 0.6) is 0 Å². The van der Waals surface area contributed by atoms with Gasteiger partial charge in [-0.05, 0) is 0 Å². The van der Waals surface area contributed by atoms with Gasteiger partial charge in [0.15, 0.2) is 0 Å². The van der Waals surface area contributed by atoms with Crippen molar-refractivity contribution in [2.45, 2.75) is 13.3 Å². The molecule has 2 aromatic carbocycles. The zero-order valence-corrected chi connectivity index (χ0v) is 14.6. The quantitative estimate of drug-likeness (QED) is 0.359. The number of rotatable bonds is 4. The van der Waals surface area contributed by atoms with Gasteiger partial charge in [-0.15, -0.1) is 0 Å². The Bertz CT molecular complexity index is 753. The standard InChI is InChI=1S/C19H17NO2Se/c1-2-17(23-15-11-7-4-8-12-15)16-13-20(19(16)22)18(21)14-9-5-3-6-10-14/h3-12H,2,13H2,1H3/b17-16-. The van der Waals surface area contributed by atoms with E-state index >= 15 is 0 Å². The maximum atomic E-state index is 12.4. The van der Waals surface area contributed by atoms with Gasteiger partial charge >= 0.3 is 142 Å². The van der Waals surface area contributed by atoms with Gasteiger partial charge in [0.25, 0.3) is 0 Å². The van der Waals surface area contributed by atoms with E-state index < -0.39 is 0 Å². The van der Waals surface area contributed by atoms with E-state index in [1.165, 1.54) is 13.8 Å². The third kappa shape index (κ3) is 3.29. The number of hydrogen-bond acceptors (Lipinski definition) is 2. The maximum absolute atomic E-state index is 12.4. The summed E-state index contributed by atoms with van der Waals surface area (Å²) in [5.74, 6) is -0.337. The molecule has 0 aromatic heterocycles. The first kappa shape index (κ1) is 15.7. The van der Waals surface area contributed by atoms with Crippen molar-refractivity contribution in [3.05, 3.63) is 76.3 Å². The summed E-state index contributed by atoms with van der Waals surface area (Å²) in [7, 11) is 0. The summed E-state index contributed by atoms with van der Waals surface area (Å²) in [6, 6.07) is 19.2. The average Bonchev–Trinajstić information content (AvgIpc) is 2.61. The molecule has 0 bridgehead atoms. The number of allylic oxidation sites excluding steroid dienone is 1. The summed E-state index contributed by atoms with van der Waals surface area (Å²) in [6.07, 6.45) is 0.851. The Morgan fingerprint density at radius 3 is 2.22 bits per heavy atom. The Balaban J connectivity index is 1.75. The molecule has 1 aliphatic rings. The van der Waals surface area contributed by atoms with Crippen molar-refractivity contribution in [1.29, 1.82) is 0 Å². The fraction of sp³-hybridized carbons (Fsp3) is 0.158. The third-order valence-corrected chi connectivity index (χ3v) is 6.43. The number of carbonyl (C=O) groups excluding carboxylic acids is 2. The van der Waals surface area contributed by atoms with Crippen LogP contribution in [-0.2, 0) is 4.79 Å². The van der Waals surface area contributed by atoms with Crippen molar-refractivity contribution in [2.75, 3.05) is 6.54 Å². The van der Waals surface area contributed by atoms with Gasteiger partial charge in [0.2, 0.25) is 0 Å². The summed E-state index contributed by atoms with van der Waals surface area (Å²) < 4.78 is 2.44. The molecule has 1 aliphatic heterocycles. The van der Waals surface area contributed by atoms with E-state index in [0.29, 0.717) is 12.1 Å². The monoisotopic (exact) mass is 371 g/mol. The van der Waals surface area contributed by atoms with Crippen LogP contribution in [0.25, 0.3) is 0 Å². The molecule has 2 aromatic rings. The van der Waals surface area contributed by atoms with Crippen LogP contribution < -0.4 is 4.46 Å². The van der Waals surface area contributed by atoms with Crippen molar-refractivity contribution in [3.63, 3.8) is 0 Å². The van der Waals surface area contributed by atoms with Crippen LogP contribution in [-0.4, -0.2) is 38.2 Å². The van der Waals surface area contributed by atoms with E-state index in [4.69, 9.17) is 0 Å². The van der Waals surface area contributed by atoms with Crippen LogP contribution in [0.4, 0.5) is 0 Å². The molecule has 116 valence electrons. The zero-order chi connectivity index (χ0) is 16.2. The molecular weight excluding hydrogens is 353 g/mol. The van der Waals surface area contributed by atoms with E-state index in [2.05, 4.69) is 19.1 Å². The van der Waals surface area contributed by atoms with Crippen molar-refractivity contribution >= 4 is 31.2 Å². The number of nitrogens with zero attached hydrogens (tertiary/aromatic N) is 1. The average molecular weight is 370 g/mol. The van der Waals surface area contributed by atoms with Gasteiger partial charge in [-0.2, -0.15) is 0 Å². The van der Waals surface area contributed by atoms with E-state index in [0.717, 1.165) is 12.0 Å². The fourth-order valence-electron chi connectivity index (χ4n) is 2.46. The molecular formula is C19H17NO2Se. The molecule has 1 heterocycles. The molecule has 1 fully saturated rings. The minimum absolute atomic E-state index is 0.131. The summed E-state index contributed by atoms with van der Waals surface area (Å²) in [4.78, 5) is 26.1. The molecule has 0 N–H and O–H groups in total. The fourth-order valence-corrected chi connectivity index (χ4v) is 4.55. The molecule has 0 radical (unpaired) electrons. The van der Waals surface area contributed by atoms with E-state index in [1.54, 1.807) is 12.1 Å². The number of amides is 2. The Morgan fingerprint density at radius 1 is 1.04 bits per heavy atom. The molecule has 2 amide bonds. The Hall–Kier alpha value is -2.16. The molecule has 0 aliphatic carbocycles. The molecule has 3 rings (SSSR count). The molecule has 1 saturated heterocycles. The molecule has 0 spiro atoms. The number of likely N-dealkylation sites (tertiary alicyclic amines) is 1. The van der Waals surface area contributed by atoms with E-state index in [1.807, 2.05) is 36.4 Å².